The summed E-state index contributed by atoms with van der Waals surface area (Å²) in [4.78, 5) is 11.9. The second-order valence-corrected chi connectivity index (χ2v) is 8.69. The van der Waals surface area contributed by atoms with Crippen LogP contribution in [0.15, 0.2) is 41.3 Å². The highest BCUT2D eigenvalue weighted by atomic mass is 32.2. The molecule has 2 aromatic rings. The minimum atomic E-state index is -4.04. The Labute approximate surface area is 176 Å². The number of sulfonamides is 1. The van der Waals surface area contributed by atoms with E-state index >= 15 is 0 Å². The zero-order valence-electron chi connectivity index (χ0n) is 17.4. The van der Waals surface area contributed by atoms with Crippen molar-refractivity contribution in [3.63, 3.8) is 0 Å². The van der Waals surface area contributed by atoms with Gasteiger partial charge in [0.1, 0.15) is 22.6 Å². The van der Waals surface area contributed by atoms with E-state index in [1.807, 2.05) is 0 Å². The summed E-state index contributed by atoms with van der Waals surface area (Å²) < 4.78 is 47.4. The van der Waals surface area contributed by atoms with Gasteiger partial charge in [0.15, 0.2) is 0 Å². The van der Waals surface area contributed by atoms with E-state index < -0.39 is 27.9 Å². The molecule has 0 heterocycles. The predicted octanol–water partition coefficient (Wildman–Crippen LogP) is 3.54. The van der Waals surface area contributed by atoms with Gasteiger partial charge in [0.2, 0.25) is 0 Å². The van der Waals surface area contributed by atoms with E-state index in [1.54, 1.807) is 27.7 Å². The molecular weight excluding hydrogens is 411 g/mol. The highest BCUT2D eigenvalue weighted by Gasteiger charge is 2.23. The standard InChI is InChI=1S/C21H27FN2O5S/c1-5-14-11-16(7-9-17(14)22)24-30(27,28)19-10-8-15(12-18(19)29-6-2)23-21(26)20(25)13(3)4/h7-13,20,24-25H,5-6H2,1-4H3,(H,23,26)/t20-/m0/s1. The molecule has 7 nitrogen and oxygen atoms in total. The lowest BCUT2D eigenvalue weighted by Gasteiger charge is -2.17. The third-order valence-corrected chi connectivity index (χ3v) is 5.80. The summed E-state index contributed by atoms with van der Waals surface area (Å²) in [5, 5.41) is 12.4. The van der Waals surface area contributed by atoms with Crippen LogP contribution in [0, 0.1) is 11.7 Å². The van der Waals surface area contributed by atoms with Crippen LogP contribution in [0.2, 0.25) is 0 Å². The maximum atomic E-state index is 13.7. The van der Waals surface area contributed by atoms with Gasteiger partial charge in [-0.1, -0.05) is 20.8 Å². The first-order chi connectivity index (χ1) is 14.1. The van der Waals surface area contributed by atoms with Crippen LogP contribution in [0.5, 0.6) is 5.75 Å². The smallest absolute Gasteiger partial charge is 0.265 e. The van der Waals surface area contributed by atoms with Crippen molar-refractivity contribution in [3.8, 4) is 5.75 Å². The highest BCUT2D eigenvalue weighted by Crippen LogP contribution is 2.30. The molecule has 1 amide bonds. The first-order valence-electron chi connectivity index (χ1n) is 9.66. The van der Waals surface area contributed by atoms with Gasteiger partial charge >= 0.3 is 0 Å². The van der Waals surface area contributed by atoms with Gasteiger partial charge in [-0.05, 0) is 55.2 Å². The summed E-state index contributed by atoms with van der Waals surface area (Å²) >= 11 is 0. The quantitative estimate of drug-likeness (QED) is 0.555. The Balaban J connectivity index is 2.34. The van der Waals surface area contributed by atoms with Crippen LogP contribution in [0.4, 0.5) is 15.8 Å². The van der Waals surface area contributed by atoms with Crippen molar-refractivity contribution < 1.29 is 27.4 Å². The minimum Gasteiger partial charge on any atom is -0.492 e. The molecule has 0 aliphatic heterocycles. The van der Waals surface area contributed by atoms with Gasteiger partial charge in [0.25, 0.3) is 15.9 Å². The molecule has 0 bridgehead atoms. The van der Waals surface area contributed by atoms with Gasteiger partial charge < -0.3 is 15.2 Å². The summed E-state index contributed by atoms with van der Waals surface area (Å²) in [5.41, 5.74) is 0.910. The van der Waals surface area contributed by atoms with Crippen LogP contribution in [-0.2, 0) is 21.2 Å². The molecule has 0 spiro atoms. The third kappa shape index (κ3) is 5.70. The topological polar surface area (TPSA) is 105 Å². The maximum absolute atomic E-state index is 13.7. The molecular formula is C21H27FN2O5S. The average molecular weight is 439 g/mol. The Hall–Kier alpha value is -2.65. The number of aryl methyl sites for hydroxylation is 1. The molecule has 0 fully saturated rings. The number of hydrogen-bond acceptors (Lipinski definition) is 5. The first kappa shape index (κ1) is 23.6. The molecule has 2 rings (SSSR count). The number of halogens is 1. The second kappa shape index (κ2) is 9.90. The number of rotatable bonds is 9. The fourth-order valence-electron chi connectivity index (χ4n) is 2.71. The number of nitrogens with one attached hydrogen (secondary N) is 2. The number of aliphatic hydroxyl groups excluding tert-OH is 1. The van der Waals surface area contributed by atoms with E-state index in [2.05, 4.69) is 10.0 Å². The van der Waals surface area contributed by atoms with E-state index in [4.69, 9.17) is 4.74 Å². The third-order valence-electron chi connectivity index (χ3n) is 4.38. The number of hydrogen-bond donors (Lipinski definition) is 3. The van der Waals surface area contributed by atoms with Gasteiger partial charge in [-0.25, -0.2) is 12.8 Å². The SMILES string of the molecule is CCOc1cc(NC(=O)[C@@H](O)C(C)C)ccc1S(=O)(=O)Nc1ccc(F)c(CC)c1. The maximum Gasteiger partial charge on any atom is 0.265 e. The van der Waals surface area contributed by atoms with Crippen molar-refractivity contribution in [2.75, 3.05) is 16.6 Å². The number of anilines is 2. The van der Waals surface area contributed by atoms with Crippen LogP contribution in [0.3, 0.4) is 0 Å². The minimum absolute atomic E-state index is 0.0414. The summed E-state index contributed by atoms with van der Waals surface area (Å²) in [7, 11) is -4.04. The summed E-state index contributed by atoms with van der Waals surface area (Å²) in [6.45, 7) is 7.08. The largest absolute Gasteiger partial charge is 0.492 e. The fourth-order valence-corrected chi connectivity index (χ4v) is 3.89. The van der Waals surface area contributed by atoms with Gasteiger partial charge in [0.05, 0.1) is 6.61 Å². The number of aliphatic hydroxyl groups is 1. The summed E-state index contributed by atoms with van der Waals surface area (Å²) in [6.07, 6.45) is -0.778. The van der Waals surface area contributed by atoms with Crippen molar-refractivity contribution in [1.82, 2.24) is 0 Å². The lowest BCUT2D eigenvalue weighted by Crippen LogP contribution is -2.31. The molecule has 1 atom stereocenters. The lowest BCUT2D eigenvalue weighted by molar-refractivity contribution is -0.125. The molecule has 0 unspecified atom stereocenters. The molecule has 2 aromatic carbocycles. The van der Waals surface area contributed by atoms with E-state index in [-0.39, 0.29) is 34.5 Å². The van der Waals surface area contributed by atoms with Gasteiger partial charge in [0, 0.05) is 17.4 Å². The molecule has 0 radical (unpaired) electrons. The number of amides is 1. The number of ether oxygens (including phenoxy) is 1. The van der Waals surface area contributed by atoms with Crippen LogP contribution in [0.25, 0.3) is 0 Å². The van der Waals surface area contributed by atoms with E-state index in [0.717, 1.165) is 0 Å². The van der Waals surface area contributed by atoms with Crippen molar-refractivity contribution in [1.29, 1.82) is 0 Å². The number of carbonyl (C=O) groups excluding carboxylic acids is 1. The second-order valence-electron chi connectivity index (χ2n) is 7.04. The highest BCUT2D eigenvalue weighted by molar-refractivity contribution is 7.92. The Morgan fingerprint density at radius 2 is 1.80 bits per heavy atom. The van der Waals surface area contributed by atoms with Crippen molar-refractivity contribution in [3.05, 3.63) is 47.8 Å². The molecule has 0 saturated carbocycles. The van der Waals surface area contributed by atoms with Crippen molar-refractivity contribution >= 4 is 27.3 Å². The molecule has 0 aliphatic rings. The number of carbonyl (C=O) groups is 1. The van der Waals surface area contributed by atoms with E-state index in [9.17, 15) is 22.7 Å². The van der Waals surface area contributed by atoms with Gasteiger partial charge in [-0.15, -0.1) is 0 Å². The van der Waals surface area contributed by atoms with Crippen LogP contribution < -0.4 is 14.8 Å². The lowest BCUT2D eigenvalue weighted by atomic mass is 10.1. The molecule has 0 aliphatic carbocycles. The van der Waals surface area contributed by atoms with E-state index in [0.29, 0.717) is 12.0 Å². The molecule has 30 heavy (non-hydrogen) atoms. The molecule has 164 valence electrons. The van der Waals surface area contributed by atoms with Crippen LogP contribution >= 0.6 is 0 Å². The predicted molar refractivity (Wildman–Crippen MR) is 114 cm³/mol. The number of benzene rings is 2. The van der Waals surface area contributed by atoms with Crippen molar-refractivity contribution in [2.24, 2.45) is 5.92 Å². The van der Waals surface area contributed by atoms with Crippen LogP contribution in [0.1, 0.15) is 33.3 Å². The summed E-state index contributed by atoms with van der Waals surface area (Å²) in [5.74, 6) is -1.23. The Morgan fingerprint density at radius 3 is 2.40 bits per heavy atom. The molecule has 9 heteroatoms. The normalized spacial score (nSPS) is 12.5. The molecule has 3 N–H and O–H groups in total. The average Bonchev–Trinajstić information content (AvgIpc) is 2.68. The Bertz CT molecular complexity index is 1010. The fraction of sp³-hybridized carbons (Fsp3) is 0.381. The van der Waals surface area contributed by atoms with Gasteiger partial charge in [-0.2, -0.15) is 0 Å². The molecule has 0 aromatic heterocycles. The van der Waals surface area contributed by atoms with Crippen LogP contribution in [-0.4, -0.2) is 32.1 Å². The van der Waals surface area contributed by atoms with E-state index in [1.165, 1.54) is 36.4 Å². The Morgan fingerprint density at radius 1 is 1.13 bits per heavy atom. The summed E-state index contributed by atoms with van der Waals surface area (Å²) in [6, 6.07) is 8.08. The first-order valence-corrected chi connectivity index (χ1v) is 11.1. The zero-order chi connectivity index (χ0) is 22.5. The zero-order valence-corrected chi connectivity index (χ0v) is 18.2. The Kier molecular flexibility index (Phi) is 7.80. The molecule has 0 saturated heterocycles. The monoisotopic (exact) mass is 438 g/mol. The van der Waals surface area contributed by atoms with Gasteiger partial charge in [-0.3, -0.25) is 9.52 Å². The van der Waals surface area contributed by atoms with Crippen molar-refractivity contribution in [2.45, 2.75) is 45.1 Å².